The van der Waals surface area contributed by atoms with E-state index in [0.717, 1.165) is 17.7 Å². The number of para-hydroxylation sites is 1. The maximum Gasteiger partial charge on any atom is 0.351 e. The van der Waals surface area contributed by atoms with E-state index in [4.69, 9.17) is 19.9 Å². The number of amides is 1. The van der Waals surface area contributed by atoms with E-state index in [9.17, 15) is 48.7 Å². The van der Waals surface area contributed by atoms with Gasteiger partial charge in [0, 0.05) is 13.1 Å². The summed E-state index contributed by atoms with van der Waals surface area (Å²) in [5, 5.41) is 33.6. The van der Waals surface area contributed by atoms with Gasteiger partial charge >= 0.3 is 5.69 Å². The Bertz CT molecular complexity index is 1520. The van der Waals surface area contributed by atoms with E-state index in [-0.39, 0.29) is 11.6 Å². The monoisotopic (exact) mass is 661 g/mol. The van der Waals surface area contributed by atoms with Crippen molar-refractivity contribution < 1.29 is 67.2 Å². The van der Waals surface area contributed by atoms with Gasteiger partial charge in [0.2, 0.25) is 5.91 Å². The molecule has 2 aliphatic heterocycles. The second kappa shape index (κ2) is 13.4. The molecule has 0 radical (unpaired) electrons. The number of aromatic nitrogens is 2. The first-order valence-electron chi connectivity index (χ1n) is 12.6. The van der Waals surface area contributed by atoms with Crippen molar-refractivity contribution in [2.75, 3.05) is 12.3 Å². The third kappa shape index (κ3) is 8.09. The molecule has 0 aliphatic carbocycles. The summed E-state index contributed by atoms with van der Waals surface area (Å²) in [7, 11) is -11.8. The van der Waals surface area contributed by atoms with Crippen LogP contribution in [0.3, 0.4) is 0 Å². The predicted molar refractivity (Wildman–Crippen MR) is 139 cm³/mol. The summed E-state index contributed by atoms with van der Waals surface area (Å²) >= 11 is 0. The smallest absolute Gasteiger partial charge is 0.351 e. The number of phosphoric ester groups is 1. The van der Waals surface area contributed by atoms with Gasteiger partial charge in [-0.3, -0.25) is 13.9 Å². The fraction of sp³-hybridized carbons (Fsp3) is 0.435. The molecule has 1 saturated heterocycles. The molecule has 21 heteroatoms. The van der Waals surface area contributed by atoms with E-state index in [0.29, 0.717) is 6.08 Å². The molecule has 3 heterocycles. The fourth-order valence-electron chi connectivity index (χ4n) is 4.24. The summed E-state index contributed by atoms with van der Waals surface area (Å²) in [6.07, 6.45) is -8.41. The molecule has 1 unspecified atom stereocenters. The number of nitrogen functional groups attached to an aromatic ring is 1. The van der Waals surface area contributed by atoms with E-state index in [2.05, 4.69) is 19.3 Å². The van der Waals surface area contributed by atoms with Crippen LogP contribution in [0.15, 0.2) is 59.2 Å². The molecule has 9 atom stereocenters. The number of aliphatic hydroxyl groups is 3. The molecule has 0 bridgehead atoms. The molecule has 1 amide bonds. The van der Waals surface area contributed by atoms with Gasteiger partial charge in [-0.05, 0) is 31.9 Å². The van der Waals surface area contributed by atoms with Gasteiger partial charge in [0.25, 0.3) is 14.1 Å². The number of carbonyl (C=O) groups excluding carboxylic acids is 1. The lowest BCUT2D eigenvalue weighted by Gasteiger charge is -2.44. The van der Waals surface area contributed by atoms with E-state index < -0.39 is 88.2 Å². The first kappa shape index (κ1) is 33.7. The van der Waals surface area contributed by atoms with Gasteiger partial charge < -0.3 is 68.9 Å². The van der Waals surface area contributed by atoms with Gasteiger partial charge in [-0.15, -0.1) is 0 Å². The highest BCUT2D eigenvalue weighted by atomic mass is 31.2. The Morgan fingerprint density at radius 2 is 1.84 bits per heavy atom. The number of ether oxygens (including phenoxy) is 3. The lowest BCUT2D eigenvalue weighted by atomic mass is 10.1. The molecule has 44 heavy (non-hydrogen) atoms. The minimum Gasteiger partial charge on any atom is -0.809 e. The minimum atomic E-state index is -6.05. The largest absolute Gasteiger partial charge is 0.809 e. The average molecular weight is 661 g/mol. The van der Waals surface area contributed by atoms with Crippen molar-refractivity contribution in [3.8, 4) is 5.75 Å². The quantitative estimate of drug-likeness (QED) is 0.145. The van der Waals surface area contributed by atoms with Crippen molar-refractivity contribution in [1.82, 2.24) is 14.9 Å². The molecule has 1 aromatic heterocycles. The minimum absolute atomic E-state index is 0.136. The molecule has 0 saturated carbocycles. The Kier molecular flexibility index (Phi) is 10.3. The second-order valence-corrected chi connectivity index (χ2v) is 12.4. The SMILES string of the molecule is CC(=O)N[C@H]1[C@@H](Oc2ccccc2)OC([C@@H](OP(=O)([O-])OC[C@H]2O[C@@H](n3ccc(N)nc3=O)[C@H](O)[C@@H]2O)P(=O)([O-])[O-])=C[C@@H]1O. The molecule has 1 aromatic carbocycles. The second-order valence-electron chi connectivity index (χ2n) is 9.53. The zero-order valence-electron chi connectivity index (χ0n) is 22.6. The maximum atomic E-state index is 12.7. The standard InChI is InChI=1S/C23H30N4O15P2/c1-11(28)25-17-13(29)9-14(41-21(17)39-12-5-3-2-4-6-12)22(43(33,34)35)42-44(36,37)38-10-15-18(30)19(31)20(40-15)27-8-7-16(24)26-23(27)32/h2-9,13,15,17-22,29-31H,10H2,1H3,(H,25,28)(H,36,37)(H2,24,26,32)(H2,33,34,35)/p-3/t13-,15+,17+,18+,19+,20+,21-,22-/m0/s1. The van der Waals surface area contributed by atoms with E-state index in [1.807, 2.05) is 0 Å². The number of hydrogen-bond donors (Lipinski definition) is 5. The van der Waals surface area contributed by atoms with Crippen molar-refractivity contribution in [2.24, 2.45) is 0 Å². The Morgan fingerprint density at radius 1 is 1.16 bits per heavy atom. The van der Waals surface area contributed by atoms with Crippen LogP contribution >= 0.6 is 15.4 Å². The number of nitrogens with one attached hydrogen (secondary N) is 1. The van der Waals surface area contributed by atoms with Gasteiger partial charge in [0.15, 0.2) is 6.23 Å². The predicted octanol–water partition coefficient (Wildman–Crippen LogP) is -3.63. The number of carbonyl (C=O) groups is 1. The molecule has 2 aliphatic rings. The van der Waals surface area contributed by atoms with Crippen molar-refractivity contribution >= 4 is 27.1 Å². The van der Waals surface area contributed by atoms with Crippen molar-refractivity contribution in [2.45, 2.75) is 55.7 Å². The highest BCUT2D eigenvalue weighted by Gasteiger charge is 2.45. The van der Waals surface area contributed by atoms with Gasteiger partial charge in [0.05, 0.1) is 6.61 Å². The topological polar surface area (TPSA) is 300 Å². The Balaban J connectivity index is 1.50. The van der Waals surface area contributed by atoms with Crippen LogP contribution in [-0.4, -0.2) is 80.0 Å². The number of anilines is 1. The summed E-state index contributed by atoms with van der Waals surface area (Å²) in [5.41, 5.74) is 4.46. The van der Waals surface area contributed by atoms with Gasteiger partial charge in [-0.2, -0.15) is 4.98 Å². The van der Waals surface area contributed by atoms with Gasteiger partial charge in [0.1, 0.15) is 53.6 Å². The van der Waals surface area contributed by atoms with Gasteiger partial charge in [-0.1, -0.05) is 18.2 Å². The number of aliphatic hydroxyl groups excluding tert-OH is 3. The molecule has 2 aromatic rings. The maximum absolute atomic E-state index is 12.7. The molecular formula is C23H27N4O15P2-3. The lowest BCUT2D eigenvalue weighted by molar-refractivity contribution is -0.324. The van der Waals surface area contributed by atoms with E-state index in [1.165, 1.54) is 18.2 Å². The van der Waals surface area contributed by atoms with Crippen LogP contribution in [0.5, 0.6) is 5.75 Å². The van der Waals surface area contributed by atoms with Crippen LogP contribution in [0.25, 0.3) is 0 Å². The Hall–Kier alpha value is -3.19. The lowest BCUT2D eigenvalue weighted by Crippen LogP contribution is -2.55. The summed E-state index contributed by atoms with van der Waals surface area (Å²) in [5.74, 6) is -4.54. The molecule has 0 spiro atoms. The van der Waals surface area contributed by atoms with Crippen LogP contribution in [0, 0.1) is 0 Å². The normalized spacial score (nSPS) is 29.2. The first-order chi connectivity index (χ1) is 20.6. The average Bonchev–Trinajstić information content (AvgIpc) is 3.21. The third-order valence-corrected chi connectivity index (χ3v) is 8.27. The summed E-state index contributed by atoms with van der Waals surface area (Å²) in [6, 6.07) is 7.55. The van der Waals surface area contributed by atoms with Gasteiger partial charge in [-0.25, -0.2) is 4.79 Å². The van der Waals surface area contributed by atoms with Crippen molar-refractivity contribution in [3.05, 3.63) is 64.9 Å². The fourth-order valence-corrected chi connectivity index (χ4v) is 6.24. The zero-order valence-corrected chi connectivity index (χ0v) is 24.3. The number of benzene rings is 1. The number of nitrogens with zero attached hydrogens (tertiary/aromatic N) is 2. The summed E-state index contributed by atoms with van der Waals surface area (Å²) < 4.78 is 51.1. The van der Waals surface area contributed by atoms with Crippen LogP contribution in [0.4, 0.5) is 5.82 Å². The molecule has 4 rings (SSSR count). The first-order valence-corrected chi connectivity index (χ1v) is 15.7. The van der Waals surface area contributed by atoms with Crippen LogP contribution in [-0.2, 0) is 32.4 Å². The molecule has 1 fully saturated rings. The molecule has 242 valence electrons. The molecule has 19 nitrogen and oxygen atoms in total. The highest BCUT2D eigenvalue weighted by molar-refractivity contribution is 7.51. The highest BCUT2D eigenvalue weighted by Crippen LogP contribution is 2.51. The van der Waals surface area contributed by atoms with Crippen molar-refractivity contribution in [1.29, 1.82) is 0 Å². The number of nitrogens with two attached hydrogens (primary N) is 1. The zero-order chi connectivity index (χ0) is 32.4. The van der Waals surface area contributed by atoms with Crippen LogP contribution < -0.4 is 36.2 Å². The van der Waals surface area contributed by atoms with Crippen LogP contribution in [0.1, 0.15) is 13.2 Å². The summed E-state index contributed by atoms with van der Waals surface area (Å²) in [4.78, 5) is 64.1. The van der Waals surface area contributed by atoms with Crippen molar-refractivity contribution in [3.63, 3.8) is 0 Å². The van der Waals surface area contributed by atoms with E-state index in [1.54, 1.807) is 18.2 Å². The third-order valence-electron chi connectivity index (χ3n) is 6.23. The molecular weight excluding hydrogens is 634 g/mol. The summed E-state index contributed by atoms with van der Waals surface area (Å²) in [6.45, 7) is 0.0390. The Morgan fingerprint density at radius 3 is 2.45 bits per heavy atom. The molecule has 6 N–H and O–H groups in total. The number of phosphoric acid groups is 1. The Labute approximate surface area is 248 Å². The number of rotatable bonds is 11. The van der Waals surface area contributed by atoms with Crippen LogP contribution in [0.2, 0.25) is 0 Å². The van der Waals surface area contributed by atoms with E-state index >= 15 is 0 Å². The number of hydrogen-bond acceptors (Lipinski definition) is 17.